The Morgan fingerprint density at radius 3 is 2.64 bits per heavy atom. The van der Waals surface area contributed by atoms with Crippen LogP contribution in [-0.4, -0.2) is 9.55 Å². The molecule has 0 aliphatic carbocycles. The van der Waals surface area contributed by atoms with Crippen LogP contribution in [0.2, 0.25) is 0 Å². The molecule has 1 aromatic rings. The SMILES string of the molecule is CCCCn1c(C)cnc1C. The molecule has 11 heavy (non-hydrogen) atoms. The number of nitrogens with zero attached hydrogens (tertiary/aromatic N) is 2. The molecule has 1 aromatic heterocycles. The summed E-state index contributed by atoms with van der Waals surface area (Å²) < 4.78 is 2.27. The summed E-state index contributed by atoms with van der Waals surface area (Å²) in [5, 5.41) is 0. The van der Waals surface area contributed by atoms with E-state index in [1.54, 1.807) is 0 Å². The average molecular weight is 152 g/mol. The van der Waals surface area contributed by atoms with E-state index in [-0.39, 0.29) is 0 Å². The summed E-state index contributed by atoms with van der Waals surface area (Å²) in [7, 11) is 0. The number of unbranched alkanes of at least 4 members (excludes halogenated alkanes) is 1. The fourth-order valence-corrected chi connectivity index (χ4v) is 1.24. The molecule has 1 rings (SSSR count). The molecular weight excluding hydrogens is 136 g/mol. The lowest BCUT2D eigenvalue weighted by molar-refractivity contribution is 0.604. The molecule has 2 heteroatoms. The van der Waals surface area contributed by atoms with Crippen LogP contribution < -0.4 is 0 Å². The molecule has 62 valence electrons. The molecule has 0 aromatic carbocycles. The van der Waals surface area contributed by atoms with Crippen molar-refractivity contribution in [1.82, 2.24) is 9.55 Å². The number of rotatable bonds is 3. The van der Waals surface area contributed by atoms with Crippen molar-refractivity contribution in [3.05, 3.63) is 17.7 Å². The van der Waals surface area contributed by atoms with Crippen LogP contribution in [0.4, 0.5) is 0 Å². The van der Waals surface area contributed by atoms with Crippen LogP contribution >= 0.6 is 0 Å². The Kier molecular flexibility index (Phi) is 2.69. The van der Waals surface area contributed by atoms with Gasteiger partial charge in [-0.05, 0) is 20.3 Å². The number of aromatic nitrogens is 2. The number of hydrogen-bond acceptors (Lipinski definition) is 1. The zero-order valence-electron chi connectivity index (χ0n) is 7.59. The topological polar surface area (TPSA) is 17.8 Å². The van der Waals surface area contributed by atoms with E-state index < -0.39 is 0 Å². The second-order valence-corrected chi connectivity index (χ2v) is 2.95. The Morgan fingerprint density at radius 2 is 2.18 bits per heavy atom. The third kappa shape index (κ3) is 1.82. The van der Waals surface area contributed by atoms with Gasteiger partial charge in [-0.2, -0.15) is 0 Å². The minimum Gasteiger partial charge on any atom is -0.333 e. The summed E-state index contributed by atoms with van der Waals surface area (Å²) in [5.41, 5.74) is 1.27. The average Bonchev–Trinajstić information content (AvgIpc) is 2.29. The molecule has 1 heterocycles. The van der Waals surface area contributed by atoms with Crippen molar-refractivity contribution in [2.24, 2.45) is 0 Å². The molecule has 0 aliphatic rings. The summed E-state index contributed by atoms with van der Waals surface area (Å²) in [4.78, 5) is 4.23. The molecule has 0 saturated heterocycles. The Labute approximate surface area is 68.3 Å². The molecule has 0 saturated carbocycles. The Hall–Kier alpha value is -0.790. The highest BCUT2D eigenvalue weighted by molar-refractivity contribution is 5.01. The van der Waals surface area contributed by atoms with Crippen LogP contribution in [0.15, 0.2) is 6.20 Å². The maximum absolute atomic E-state index is 4.23. The Bertz CT molecular complexity index is 206. The third-order valence-electron chi connectivity index (χ3n) is 1.99. The summed E-state index contributed by atoms with van der Waals surface area (Å²) in [6.07, 6.45) is 4.43. The van der Waals surface area contributed by atoms with Crippen molar-refractivity contribution in [3.8, 4) is 0 Å². The first kappa shape index (κ1) is 8.31. The van der Waals surface area contributed by atoms with Gasteiger partial charge >= 0.3 is 0 Å². The summed E-state index contributed by atoms with van der Waals surface area (Å²) in [5.74, 6) is 1.14. The first-order valence-electron chi connectivity index (χ1n) is 4.24. The molecular formula is C9H16N2. The monoisotopic (exact) mass is 152 g/mol. The smallest absolute Gasteiger partial charge is 0.105 e. The maximum atomic E-state index is 4.23. The highest BCUT2D eigenvalue weighted by atomic mass is 15.1. The van der Waals surface area contributed by atoms with Gasteiger partial charge in [0.05, 0.1) is 0 Å². The van der Waals surface area contributed by atoms with Crippen LogP contribution in [-0.2, 0) is 6.54 Å². The van der Waals surface area contributed by atoms with E-state index in [0.29, 0.717) is 0 Å². The quantitative estimate of drug-likeness (QED) is 0.649. The van der Waals surface area contributed by atoms with Gasteiger partial charge in [-0.25, -0.2) is 4.98 Å². The maximum Gasteiger partial charge on any atom is 0.105 e. The lowest BCUT2D eigenvalue weighted by Crippen LogP contribution is -2.01. The largest absolute Gasteiger partial charge is 0.333 e. The van der Waals surface area contributed by atoms with Crippen LogP contribution in [0.1, 0.15) is 31.3 Å². The fourth-order valence-electron chi connectivity index (χ4n) is 1.24. The van der Waals surface area contributed by atoms with Crippen LogP contribution in [0.25, 0.3) is 0 Å². The fraction of sp³-hybridized carbons (Fsp3) is 0.667. The van der Waals surface area contributed by atoms with Gasteiger partial charge in [0.25, 0.3) is 0 Å². The molecule has 0 N–H and O–H groups in total. The van der Waals surface area contributed by atoms with Crippen molar-refractivity contribution >= 4 is 0 Å². The van der Waals surface area contributed by atoms with E-state index in [1.165, 1.54) is 18.5 Å². The normalized spacial score (nSPS) is 10.5. The lowest BCUT2D eigenvalue weighted by atomic mass is 10.3. The highest BCUT2D eigenvalue weighted by Gasteiger charge is 1.99. The van der Waals surface area contributed by atoms with E-state index in [1.807, 2.05) is 6.20 Å². The molecule has 2 nitrogen and oxygen atoms in total. The van der Waals surface area contributed by atoms with Crippen molar-refractivity contribution in [2.45, 2.75) is 40.2 Å². The number of hydrogen-bond donors (Lipinski definition) is 0. The van der Waals surface area contributed by atoms with Gasteiger partial charge in [0.1, 0.15) is 5.82 Å². The number of aryl methyl sites for hydroxylation is 2. The van der Waals surface area contributed by atoms with Crippen molar-refractivity contribution in [3.63, 3.8) is 0 Å². The van der Waals surface area contributed by atoms with Crippen molar-refractivity contribution in [2.75, 3.05) is 0 Å². The van der Waals surface area contributed by atoms with Crippen molar-refractivity contribution in [1.29, 1.82) is 0 Å². The molecule has 0 spiro atoms. The van der Waals surface area contributed by atoms with E-state index in [2.05, 4.69) is 30.3 Å². The van der Waals surface area contributed by atoms with Gasteiger partial charge in [0, 0.05) is 18.4 Å². The van der Waals surface area contributed by atoms with Crippen LogP contribution in [0, 0.1) is 13.8 Å². The highest BCUT2D eigenvalue weighted by Crippen LogP contribution is 2.04. The van der Waals surface area contributed by atoms with E-state index in [0.717, 1.165) is 12.4 Å². The van der Waals surface area contributed by atoms with Gasteiger partial charge in [-0.1, -0.05) is 13.3 Å². The first-order valence-corrected chi connectivity index (χ1v) is 4.24. The molecule has 0 unspecified atom stereocenters. The second-order valence-electron chi connectivity index (χ2n) is 2.95. The van der Waals surface area contributed by atoms with E-state index >= 15 is 0 Å². The number of imidazole rings is 1. The van der Waals surface area contributed by atoms with Gasteiger partial charge in [0.15, 0.2) is 0 Å². The van der Waals surface area contributed by atoms with Gasteiger partial charge < -0.3 is 4.57 Å². The first-order chi connectivity index (χ1) is 5.25. The minimum atomic E-state index is 1.12. The van der Waals surface area contributed by atoms with Crippen LogP contribution in [0.5, 0.6) is 0 Å². The summed E-state index contributed by atoms with van der Waals surface area (Å²) >= 11 is 0. The van der Waals surface area contributed by atoms with Gasteiger partial charge in [0.2, 0.25) is 0 Å². The lowest BCUT2D eigenvalue weighted by Gasteiger charge is -2.05. The summed E-state index contributed by atoms with van der Waals surface area (Å²) in [6, 6.07) is 0. The minimum absolute atomic E-state index is 1.12. The molecule has 0 fully saturated rings. The second kappa shape index (κ2) is 3.56. The van der Waals surface area contributed by atoms with Crippen LogP contribution in [0.3, 0.4) is 0 Å². The molecule has 0 amide bonds. The Balaban J connectivity index is 2.67. The van der Waals surface area contributed by atoms with Crippen molar-refractivity contribution < 1.29 is 0 Å². The standard InChI is InChI=1S/C9H16N2/c1-4-5-6-11-8(2)7-10-9(11)3/h7H,4-6H2,1-3H3. The molecule has 0 atom stereocenters. The van der Waals surface area contributed by atoms with Gasteiger partial charge in [-0.15, -0.1) is 0 Å². The van der Waals surface area contributed by atoms with E-state index in [4.69, 9.17) is 0 Å². The zero-order valence-corrected chi connectivity index (χ0v) is 7.59. The van der Waals surface area contributed by atoms with E-state index in [9.17, 15) is 0 Å². The zero-order chi connectivity index (χ0) is 8.27. The Morgan fingerprint density at radius 1 is 1.45 bits per heavy atom. The molecule has 0 aliphatic heterocycles. The predicted octanol–water partition coefficient (Wildman–Crippen LogP) is 2.30. The third-order valence-corrected chi connectivity index (χ3v) is 1.99. The molecule has 0 bridgehead atoms. The summed E-state index contributed by atoms with van der Waals surface area (Å²) in [6.45, 7) is 7.49. The molecule has 0 radical (unpaired) electrons. The van der Waals surface area contributed by atoms with Gasteiger partial charge in [-0.3, -0.25) is 0 Å². The predicted molar refractivity (Wildman–Crippen MR) is 46.6 cm³/mol.